The van der Waals surface area contributed by atoms with Crippen LogP contribution in [0.2, 0.25) is 0 Å². The van der Waals surface area contributed by atoms with E-state index in [-0.39, 0.29) is 178 Å². The predicted octanol–water partition coefficient (Wildman–Crippen LogP) is 10.2. The molecule has 0 aromatic heterocycles. The van der Waals surface area contributed by atoms with Crippen molar-refractivity contribution < 1.29 is 188 Å². The van der Waals surface area contributed by atoms with E-state index < -0.39 is 85.4 Å². The van der Waals surface area contributed by atoms with Crippen molar-refractivity contribution in [1.29, 1.82) is 0 Å². The van der Waals surface area contributed by atoms with Gasteiger partial charge in [-0.05, 0) is 140 Å². The average Bonchev–Trinajstić information content (AvgIpc) is 0.767. The Bertz CT molecular complexity index is 3280. The molecule has 3 saturated heterocycles. The summed E-state index contributed by atoms with van der Waals surface area (Å²) in [7, 11) is -2.38. The van der Waals surface area contributed by atoms with Gasteiger partial charge in [0.15, 0.2) is 31.4 Å². The normalized spacial score (nSPS) is 32.0. The van der Waals surface area contributed by atoms with Gasteiger partial charge in [-0.3, -0.25) is 37.4 Å². The molecule has 0 aromatic rings. The SMILES string of the molecule is CCC(=O)[C@@H](C)[C@H](C)[C@@H](C)C(=O)CP(=O)(OC)OC.CCC1=CC(=O)[C@H](C)[C@@H](C)[C@@H]1C.CCC1=C[C@@H](O)[C@H](C)[C@@H](C)[C@@H]1C.CCC1=C[C@H](O)[C@H](C)[C@@H](C)[C@@H]1C.CC[C@H]1OC(=O)[C@H](C)[C@@H](C)[C@@H]1C.CC[C@H]1OC(O)(CP(=O)(OC)OC)[C@H](C)[C@@H](C)[C@@H]1C.COP(=O)(CC(O)[C@H](C)[C@@H](C)[C@H](C)[C@@H](C)O)OC.O=C1O[C@H](CO)[C@@H](O)[C@H](O)[C@H]1O.[B].[CH2-]P(=O)(OC)OC.[H-].[Li+].[Na+]. The van der Waals surface area contributed by atoms with Crippen molar-refractivity contribution in [2.75, 3.05) is 82.0 Å². The smallest absolute Gasteiger partial charge is 1.00 e. The van der Waals surface area contributed by atoms with E-state index >= 15 is 0 Å². The summed E-state index contributed by atoms with van der Waals surface area (Å²) in [6.45, 7) is 59.9. The topological polar surface area (TPSA) is 437 Å². The van der Waals surface area contributed by atoms with Crippen molar-refractivity contribution in [3.8, 4) is 0 Å². The number of ketones is 3. The number of allylic oxidation sites excluding steroid dienone is 4. The van der Waals surface area contributed by atoms with Crippen molar-refractivity contribution in [2.45, 2.75) is 299 Å². The van der Waals surface area contributed by atoms with Gasteiger partial charge in [0.2, 0.25) is 0 Å². The van der Waals surface area contributed by atoms with E-state index in [1.165, 1.54) is 73.6 Å². The fourth-order valence-corrected chi connectivity index (χ4v) is 19.3. The third kappa shape index (κ3) is 42.3. The maximum atomic E-state index is 12.3. The molecular formula is C90H174BLiNaO29P4. The minimum atomic E-state index is -3.33. The second-order valence-electron chi connectivity index (χ2n) is 35.0. The molecule has 3 aliphatic carbocycles. The van der Waals surface area contributed by atoms with E-state index in [1.807, 2.05) is 75.3 Å². The number of aliphatic hydroxyl groups is 9. The first-order chi connectivity index (χ1) is 56.6. The van der Waals surface area contributed by atoms with Crippen LogP contribution in [0.4, 0.5) is 0 Å². The maximum absolute atomic E-state index is 12.3. The van der Waals surface area contributed by atoms with E-state index in [2.05, 4.69) is 143 Å². The van der Waals surface area contributed by atoms with Crippen LogP contribution >= 0.6 is 30.4 Å². The number of ether oxygens (including phenoxy) is 3. The van der Waals surface area contributed by atoms with Crippen molar-refractivity contribution in [3.05, 3.63) is 41.6 Å². The molecule has 0 aromatic carbocycles. The molecule has 3 radical (unpaired) electrons. The number of cyclic esters (lactones) is 2. The maximum Gasteiger partial charge on any atom is 1.00 e. The van der Waals surface area contributed by atoms with Gasteiger partial charge in [0.05, 0.1) is 49.2 Å². The summed E-state index contributed by atoms with van der Waals surface area (Å²) in [4.78, 5) is 57.2. The number of esters is 2. The number of rotatable bonds is 29. The standard InChI is InChI=1S/C13H27O5P.C13H25O5P.C12H27O5P.2C11H20O.C11H18O.C10H18O2.C6H10O6.C3H8O3P.B.Li.Na.H/c1-7-12-10(3)9(2)11(4)13(14,18-12)8-19(15,16-5)17-6;1-7-12(14)10(3)9(2)11(4)13(15)8-19(16,17-5)18-6;1-8(9(2)11(4)13)10(3)12(14)7-18(15,16-5)17-6;3*1-5-10-6-11(12)9(4)7(2)8(10)3;1-5-9-7(3)6(2)8(4)10(11)12-9;7-1-2-3(8)4(9)5(10)6(11)12-2;1-5-7(3,4)6-2;;;;/h9-12,14H,7-8H2,1-6H3;9-11H,7-8H2,1-6H3;8-14H,7H2,1-6H3;2*6-9,11-12H,5H2,1-4H3;2*6-9H,5H2,1-4H3;2-5,7-10H,1H2;3H2,1-2H3;;;;/q;;;;;;;;-1;;2*+1;-1/t9-,10-,11+,12+,13?;9-,10-,11+;8-,9-,10+,11+,12?;7-,8-,9+,11+;7-,8-,9+,11-;7-,8-,9+;6-,7-,8+,9+;2-,3-,4+,5-;;;;;/m00000001...../s1. The summed E-state index contributed by atoms with van der Waals surface area (Å²) in [5.74, 6) is 3.31. The van der Waals surface area contributed by atoms with Crippen LogP contribution in [-0.4, -0.2) is 232 Å². The van der Waals surface area contributed by atoms with Crippen LogP contribution < -0.4 is 48.4 Å². The molecule has 6 rings (SSSR count). The molecule has 36 heteroatoms. The first-order valence-electron chi connectivity index (χ1n) is 44.2. The van der Waals surface area contributed by atoms with Gasteiger partial charge in [0.1, 0.15) is 42.2 Å². The minimum Gasteiger partial charge on any atom is -1.00 e. The molecule has 0 amide bonds. The van der Waals surface area contributed by atoms with Crippen molar-refractivity contribution in [2.24, 2.45) is 124 Å². The molecule has 6 aliphatic rings. The van der Waals surface area contributed by atoms with Crippen LogP contribution in [0.3, 0.4) is 0 Å². The van der Waals surface area contributed by atoms with Gasteiger partial charge in [-0.25, -0.2) is 11.5 Å². The Kier molecular flexibility index (Phi) is 70.0. The van der Waals surface area contributed by atoms with Gasteiger partial charge in [0.25, 0.3) is 0 Å². The Morgan fingerprint density at radius 2 is 0.857 bits per heavy atom. The summed E-state index contributed by atoms with van der Waals surface area (Å²) in [5, 5.41) is 85.3. The Morgan fingerprint density at radius 1 is 0.476 bits per heavy atom. The van der Waals surface area contributed by atoms with Crippen LogP contribution in [0.5, 0.6) is 0 Å². The first-order valence-corrected chi connectivity index (χ1v) is 51.1. The summed E-state index contributed by atoms with van der Waals surface area (Å²) < 4.78 is 99.7. The molecule has 0 bridgehead atoms. The second kappa shape index (κ2) is 64.9. The van der Waals surface area contributed by atoms with Gasteiger partial charge in [-0.2, -0.15) is 0 Å². The van der Waals surface area contributed by atoms with E-state index in [4.69, 9.17) is 57.0 Å². The third-order valence-corrected chi connectivity index (χ3v) is 35.3. The number of hydrogen-bond donors (Lipinski definition) is 9. The number of Topliss-reactive ketones (excluding diaryl/α,β-unsaturated/α-hetero) is 2. The van der Waals surface area contributed by atoms with Crippen LogP contribution in [0.15, 0.2) is 34.9 Å². The Morgan fingerprint density at radius 3 is 1.21 bits per heavy atom. The molecule has 3 aliphatic heterocycles. The molecule has 733 valence electrons. The molecule has 0 saturated carbocycles. The fourth-order valence-electron chi connectivity index (χ4n) is 15.5. The monoisotopic (exact) mass is 1880 g/mol. The molecule has 9 N–H and O–H groups in total. The van der Waals surface area contributed by atoms with E-state index in [9.17, 15) is 67.8 Å². The van der Waals surface area contributed by atoms with Crippen LogP contribution in [0.1, 0.15) is 234 Å². The van der Waals surface area contributed by atoms with Gasteiger partial charge < -0.3 is 97.8 Å². The molecule has 3 fully saturated rings. The number of carbonyl (C=O) groups excluding carboxylic acids is 5. The van der Waals surface area contributed by atoms with E-state index in [0.29, 0.717) is 77.3 Å². The van der Waals surface area contributed by atoms with Crippen molar-refractivity contribution in [3.63, 3.8) is 0 Å². The minimum absolute atomic E-state index is 0. The quantitative estimate of drug-likeness (QED) is 0.0110. The summed E-state index contributed by atoms with van der Waals surface area (Å²) >= 11 is 0. The zero-order valence-corrected chi connectivity index (χ0v) is 90.0. The summed E-state index contributed by atoms with van der Waals surface area (Å²) in [6.07, 6.45) is 3.44. The molecule has 0 spiro atoms. The summed E-state index contributed by atoms with van der Waals surface area (Å²) in [5.41, 5.74) is 4.17. The number of hydrogen-bond acceptors (Lipinski definition) is 29. The fraction of sp³-hybridized carbons (Fsp3) is 0.867. The molecule has 32 atom stereocenters. The van der Waals surface area contributed by atoms with Gasteiger partial charge in [-0.1, -0.05) is 216 Å². The largest absolute Gasteiger partial charge is 1.00 e. The van der Waals surface area contributed by atoms with Gasteiger partial charge in [-0.15, -0.1) is 0 Å². The van der Waals surface area contributed by atoms with Gasteiger partial charge in [0, 0.05) is 95.4 Å². The molecule has 126 heavy (non-hydrogen) atoms. The Labute approximate surface area is 798 Å². The van der Waals surface area contributed by atoms with Crippen LogP contribution in [0.25, 0.3) is 0 Å². The van der Waals surface area contributed by atoms with Crippen molar-refractivity contribution >= 4 is 68.1 Å². The third-order valence-electron chi connectivity index (χ3n) is 28.5. The average molecular weight is 1880 g/mol. The molecule has 3 heterocycles. The van der Waals surface area contributed by atoms with Crippen LogP contribution in [-0.2, 0) is 92.6 Å². The zero-order valence-electron chi connectivity index (χ0n) is 85.5. The first kappa shape index (κ1) is 136. The van der Waals surface area contributed by atoms with E-state index in [1.54, 1.807) is 13.8 Å². The number of aliphatic hydroxyl groups excluding tert-OH is 8. The van der Waals surface area contributed by atoms with Gasteiger partial charge >= 0.3 is 83.1 Å². The Hall–Kier alpha value is -0.968. The molecule has 29 nitrogen and oxygen atoms in total. The molecule has 2 unspecified atom stereocenters. The predicted molar refractivity (Wildman–Crippen MR) is 491 cm³/mol. The second-order valence-corrected chi connectivity index (χ2v) is 43.8. The van der Waals surface area contributed by atoms with Crippen LogP contribution in [0, 0.1) is 131 Å². The summed E-state index contributed by atoms with van der Waals surface area (Å²) in [6, 6.07) is 0. The number of carbonyl (C=O) groups is 5. The zero-order chi connectivity index (χ0) is 97.0. The molecular weight excluding hydrogens is 1710 g/mol. The Balaban J connectivity index is -0.000000257. The van der Waals surface area contributed by atoms with E-state index in [0.717, 1.165) is 32.1 Å². The van der Waals surface area contributed by atoms with Crippen molar-refractivity contribution in [1.82, 2.24) is 0 Å².